The molecule has 0 saturated carbocycles. The van der Waals surface area contributed by atoms with Crippen LogP contribution in [0.1, 0.15) is 39.4 Å². The minimum Gasteiger partial charge on any atom is -0.472 e. The largest absolute Gasteiger partial charge is 0.472 e. The Morgan fingerprint density at radius 1 is 1.28 bits per heavy atom. The minimum absolute atomic E-state index is 0.0235. The van der Waals surface area contributed by atoms with Gasteiger partial charge in [-0.15, -0.1) is 0 Å². The molecule has 1 atom stereocenters. The molecule has 102 valence electrons. The molecule has 0 saturated heterocycles. The maximum Gasteiger partial charge on any atom is 0.219 e. The molecule has 0 aromatic carbocycles. The Labute approximate surface area is 109 Å². The molecule has 1 aromatic heterocycles. The summed E-state index contributed by atoms with van der Waals surface area (Å²) >= 11 is 0. The van der Waals surface area contributed by atoms with Gasteiger partial charge >= 0.3 is 0 Å². The second-order valence-corrected chi connectivity index (χ2v) is 4.44. The normalized spacial score (nSPS) is 12.6. The summed E-state index contributed by atoms with van der Waals surface area (Å²) in [6.45, 7) is 9.30. The molecular formula is C13H23N3O2. The Morgan fingerprint density at radius 3 is 2.56 bits per heavy atom. The van der Waals surface area contributed by atoms with Gasteiger partial charge in [0.15, 0.2) is 0 Å². The van der Waals surface area contributed by atoms with Crippen molar-refractivity contribution in [3.05, 3.63) is 11.9 Å². The van der Waals surface area contributed by atoms with Gasteiger partial charge in [-0.3, -0.25) is 0 Å². The topological polar surface area (TPSA) is 56.3 Å². The first kappa shape index (κ1) is 14.7. The van der Waals surface area contributed by atoms with E-state index in [0.717, 1.165) is 11.6 Å². The van der Waals surface area contributed by atoms with E-state index in [1.165, 1.54) is 0 Å². The van der Waals surface area contributed by atoms with Gasteiger partial charge in [0.25, 0.3) is 0 Å². The highest BCUT2D eigenvalue weighted by Gasteiger charge is 2.11. The molecule has 1 unspecified atom stereocenters. The van der Waals surface area contributed by atoms with E-state index < -0.39 is 0 Å². The van der Waals surface area contributed by atoms with Crippen LogP contribution in [0.15, 0.2) is 6.07 Å². The van der Waals surface area contributed by atoms with Gasteiger partial charge in [-0.2, -0.15) is 4.98 Å². The van der Waals surface area contributed by atoms with Crippen LogP contribution >= 0.6 is 0 Å². The van der Waals surface area contributed by atoms with Gasteiger partial charge in [0.05, 0.1) is 6.61 Å². The number of aromatic nitrogens is 2. The highest BCUT2D eigenvalue weighted by molar-refractivity contribution is 5.38. The van der Waals surface area contributed by atoms with Crippen LogP contribution in [0.25, 0.3) is 0 Å². The maximum absolute atomic E-state index is 5.73. The molecule has 5 nitrogen and oxygen atoms in total. The van der Waals surface area contributed by atoms with Gasteiger partial charge < -0.3 is 14.8 Å². The van der Waals surface area contributed by atoms with E-state index >= 15 is 0 Å². The van der Waals surface area contributed by atoms with Crippen molar-refractivity contribution in [3.8, 4) is 5.88 Å². The lowest BCUT2D eigenvalue weighted by molar-refractivity contribution is 0.0631. The predicted octanol–water partition coefficient (Wildman–Crippen LogP) is 2.45. The molecule has 1 rings (SSSR count). The number of anilines is 1. The molecule has 0 aliphatic heterocycles. The van der Waals surface area contributed by atoms with Crippen LogP contribution in [0, 0.1) is 0 Å². The number of nitrogens with zero attached hydrogens (tertiary/aromatic N) is 2. The molecule has 5 heteroatoms. The number of hydrogen-bond acceptors (Lipinski definition) is 5. The minimum atomic E-state index is -0.0235. The monoisotopic (exact) mass is 253 g/mol. The highest BCUT2D eigenvalue weighted by atomic mass is 16.5. The van der Waals surface area contributed by atoms with E-state index in [1.54, 1.807) is 6.07 Å². The summed E-state index contributed by atoms with van der Waals surface area (Å²) in [6.07, 6.45) is -0.0235. The first-order valence-corrected chi connectivity index (χ1v) is 6.38. The van der Waals surface area contributed by atoms with Crippen molar-refractivity contribution < 1.29 is 9.47 Å². The summed E-state index contributed by atoms with van der Waals surface area (Å²) in [4.78, 5) is 8.79. The summed E-state index contributed by atoms with van der Waals surface area (Å²) in [5, 5.41) is 3.02. The van der Waals surface area contributed by atoms with Crippen molar-refractivity contribution in [3.63, 3.8) is 0 Å². The third-order valence-electron chi connectivity index (χ3n) is 2.37. The van der Waals surface area contributed by atoms with E-state index in [-0.39, 0.29) is 12.0 Å². The maximum atomic E-state index is 5.73. The summed E-state index contributed by atoms with van der Waals surface area (Å²) < 4.78 is 11.1. The number of nitrogens with one attached hydrogen (secondary N) is 1. The SMILES string of the molecule is CCOCC(C)Oc1cc(NC)nc(C(C)C)n1. The first-order chi connectivity index (χ1) is 8.56. The summed E-state index contributed by atoms with van der Waals surface area (Å²) in [5.74, 6) is 2.40. The number of ether oxygens (including phenoxy) is 2. The summed E-state index contributed by atoms with van der Waals surface area (Å²) in [7, 11) is 1.83. The van der Waals surface area contributed by atoms with Crippen LogP contribution in [0.4, 0.5) is 5.82 Å². The molecule has 0 bridgehead atoms. The Balaban J connectivity index is 2.77. The fraction of sp³-hybridized carbons (Fsp3) is 0.692. The summed E-state index contributed by atoms with van der Waals surface area (Å²) in [5.41, 5.74) is 0. The fourth-order valence-corrected chi connectivity index (χ4v) is 1.41. The Bertz CT molecular complexity index is 369. The van der Waals surface area contributed by atoms with Crippen LogP contribution in [-0.4, -0.2) is 36.3 Å². The van der Waals surface area contributed by atoms with Crippen LogP contribution in [-0.2, 0) is 4.74 Å². The molecule has 1 heterocycles. The highest BCUT2D eigenvalue weighted by Crippen LogP contribution is 2.19. The molecule has 0 radical (unpaired) electrons. The van der Waals surface area contributed by atoms with Gasteiger partial charge in [0.2, 0.25) is 5.88 Å². The molecule has 1 aromatic rings. The van der Waals surface area contributed by atoms with Crippen molar-refractivity contribution in [1.29, 1.82) is 0 Å². The third-order valence-corrected chi connectivity index (χ3v) is 2.37. The third kappa shape index (κ3) is 4.49. The predicted molar refractivity (Wildman–Crippen MR) is 72.3 cm³/mol. The zero-order valence-corrected chi connectivity index (χ0v) is 11.9. The van der Waals surface area contributed by atoms with Crippen molar-refractivity contribution in [2.45, 2.75) is 39.7 Å². The lowest BCUT2D eigenvalue weighted by Gasteiger charge is -2.15. The summed E-state index contributed by atoms with van der Waals surface area (Å²) in [6, 6.07) is 1.80. The molecular weight excluding hydrogens is 230 g/mol. The Morgan fingerprint density at radius 2 is 2.00 bits per heavy atom. The van der Waals surface area contributed by atoms with E-state index in [1.807, 2.05) is 20.9 Å². The molecule has 0 fully saturated rings. The van der Waals surface area contributed by atoms with E-state index in [9.17, 15) is 0 Å². The van der Waals surface area contributed by atoms with Gasteiger partial charge in [0.1, 0.15) is 17.7 Å². The zero-order chi connectivity index (χ0) is 13.5. The number of rotatable bonds is 7. The molecule has 1 N–H and O–H groups in total. The van der Waals surface area contributed by atoms with Gasteiger partial charge in [-0.1, -0.05) is 13.8 Å². The van der Waals surface area contributed by atoms with Gasteiger partial charge in [-0.25, -0.2) is 4.98 Å². The fourth-order valence-electron chi connectivity index (χ4n) is 1.41. The quantitative estimate of drug-likeness (QED) is 0.809. The van der Waals surface area contributed by atoms with E-state index in [4.69, 9.17) is 9.47 Å². The van der Waals surface area contributed by atoms with Crippen LogP contribution in [0.2, 0.25) is 0 Å². The average molecular weight is 253 g/mol. The van der Waals surface area contributed by atoms with Crippen LogP contribution < -0.4 is 10.1 Å². The van der Waals surface area contributed by atoms with Gasteiger partial charge in [-0.05, 0) is 13.8 Å². The Kier molecular flexibility index (Phi) is 5.85. The molecule has 0 amide bonds. The zero-order valence-electron chi connectivity index (χ0n) is 11.9. The van der Waals surface area contributed by atoms with Crippen LogP contribution in [0.5, 0.6) is 5.88 Å². The smallest absolute Gasteiger partial charge is 0.219 e. The van der Waals surface area contributed by atoms with Gasteiger partial charge in [0, 0.05) is 25.6 Å². The molecule has 0 aliphatic carbocycles. The standard InChI is InChI=1S/C13H23N3O2/c1-6-17-8-10(4)18-12-7-11(14-5)15-13(16-12)9(2)3/h7,9-10H,6,8H2,1-5H3,(H,14,15,16). The lowest BCUT2D eigenvalue weighted by atomic mass is 10.2. The lowest BCUT2D eigenvalue weighted by Crippen LogP contribution is -2.20. The molecule has 0 aliphatic rings. The van der Waals surface area contributed by atoms with E-state index in [0.29, 0.717) is 19.1 Å². The van der Waals surface area contributed by atoms with Crippen molar-refractivity contribution in [2.75, 3.05) is 25.6 Å². The second-order valence-electron chi connectivity index (χ2n) is 4.44. The van der Waals surface area contributed by atoms with Crippen molar-refractivity contribution in [2.24, 2.45) is 0 Å². The van der Waals surface area contributed by atoms with Crippen molar-refractivity contribution in [1.82, 2.24) is 9.97 Å². The van der Waals surface area contributed by atoms with E-state index in [2.05, 4.69) is 29.1 Å². The average Bonchev–Trinajstić information content (AvgIpc) is 2.35. The Hall–Kier alpha value is -1.36. The van der Waals surface area contributed by atoms with Crippen molar-refractivity contribution >= 4 is 5.82 Å². The van der Waals surface area contributed by atoms with Crippen LogP contribution in [0.3, 0.4) is 0 Å². The number of hydrogen-bond donors (Lipinski definition) is 1. The molecule has 0 spiro atoms. The second kappa shape index (κ2) is 7.16. The first-order valence-electron chi connectivity index (χ1n) is 6.38. The molecule has 18 heavy (non-hydrogen) atoms.